The van der Waals surface area contributed by atoms with Crippen molar-refractivity contribution in [3.8, 4) is 6.07 Å². The van der Waals surface area contributed by atoms with Gasteiger partial charge in [0.1, 0.15) is 6.07 Å². The van der Waals surface area contributed by atoms with Gasteiger partial charge < -0.3 is 20.4 Å². The number of nitriles is 1. The maximum atomic E-state index is 12.4. The Balaban J connectivity index is 1.68. The van der Waals surface area contributed by atoms with Crippen molar-refractivity contribution in [2.45, 2.75) is 18.9 Å². The molecule has 2 amide bonds. The minimum Gasteiger partial charge on any atom is -0.374 e. The van der Waals surface area contributed by atoms with Gasteiger partial charge in [0.25, 0.3) is 0 Å². The van der Waals surface area contributed by atoms with E-state index in [9.17, 15) is 14.9 Å². The number of likely N-dealkylation sites (N-methyl/N-ethyl adjacent to an activating group) is 1. The fraction of sp³-hybridized carbons (Fsp3) is 0.348. The van der Waals surface area contributed by atoms with Crippen LogP contribution in [0.1, 0.15) is 29.2 Å². The lowest BCUT2D eigenvalue weighted by molar-refractivity contribution is -0.136. The number of benzene rings is 2. The molecule has 0 aromatic heterocycles. The summed E-state index contributed by atoms with van der Waals surface area (Å²) in [7, 11) is 5.97. The maximum Gasteiger partial charge on any atom is 0.313 e. The van der Waals surface area contributed by atoms with Crippen molar-refractivity contribution in [2.75, 3.05) is 44.4 Å². The quantitative estimate of drug-likeness (QED) is 0.699. The van der Waals surface area contributed by atoms with Crippen LogP contribution in [0.2, 0.25) is 5.02 Å². The van der Waals surface area contributed by atoms with Gasteiger partial charge in [0, 0.05) is 30.8 Å². The van der Waals surface area contributed by atoms with Gasteiger partial charge in [-0.05, 0) is 62.3 Å². The Morgan fingerprint density at radius 1 is 1.23 bits per heavy atom. The molecule has 1 aliphatic heterocycles. The Morgan fingerprint density at radius 3 is 2.71 bits per heavy atom. The van der Waals surface area contributed by atoms with Crippen LogP contribution in [0.25, 0.3) is 0 Å². The average molecular weight is 440 g/mol. The summed E-state index contributed by atoms with van der Waals surface area (Å²) in [5, 5.41) is 14.7. The lowest BCUT2D eigenvalue weighted by Crippen LogP contribution is -2.40. The number of hydrogen-bond acceptors (Lipinski definition) is 5. The minimum atomic E-state index is -0.844. The van der Waals surface area contributed by atoms with E-state index >= 15 is 0 Å². The number of halogens is 1. The van der Waals surface area contributed by atoms with E-state index in [4.69, 9.17) is 11.6 Å². The lowest BCUT2D eigenvalue weighted by Gasteiger charge is -2.30. The minimum absolute atomic E-state index is 0.0879. The highest BCUT2D eigenvalue weighted by Crippen LogP contribution is 2.30. The third-order valence-electron chi connectivity index (χ3n) is 5.48. The standard InChI is InChI=1S/C23H26ClN5O2/c1-28(2)21(16-7-9-20-15(11-16)5-4-10-29(20)3)14-26-22(30)23(31)27-19-12-18(24)8-6-17(19)13-25/h6-9,11-12,21H,4-5,10,14H2,1-3H3,(H,26,30)(H,27,31). The van der Waals surface area contributed by atoms with E-state index in [-0.39, 0.29) is 23.8 Å². The van der Waals surface area contributed by atoms with E-state index in [0.717, 1.165) is 24.9 Å². The van der Waals surface area contributed by atoms with Gasteiger partial charge in [0.15, 0.2) is 0 Å². The van der Waals surface area contributed by atoms with Crippen molar-refractivity contribution in [2.24, 2.45) is 0 Å². The van der Waals surface area contributed by atoms with Gasteiger partial charge in [-0.3, -0.25) is 9.59 Å². The van der Waals surface area contributed by atoms with E-state index in [1.54, 1.807) is 6.07 Å². The monoisotopic (exact) mass is 439 g/mol. The van der Waals surface area contributed by atoms with E-state index in [2.05, 4.69) is 40.8 Å². The van der Waals surface area contributed by atoms with Gasteiger partial charge >= 0.3 is 11.8 Å². The Labute approximate surface area is 187 Å². The van der Waals surface area contributed by atoms with Crippen LogP contribution < -0.4 is 15.5 Å². The van der Waals surface area contributed by atoms with Crippen molar-refractivity contribution < 1.29 is 9.59 Å². The number of aryl methyl sites for hydroxylation is 1. The highest BCUT2D eigenvalue weighted by Gasteiger charge is 2.22. The number of fused-ring (bicyclic) bond motifs is 1. The smallest absolute Gasteiger partial charge is 0.313 e. The Morgan fingerprint density at radius 2 is 2.00 bits per heavy atom. The number of nitrogens with one attached hydrogen (secondary N) is 2. The van der Waals surface area contributed by atoms with Crippen LogP contribution in [0, 0.1) is 11.3 Å². The summed E-state index contributed by atoms with van der Waals surface area (Å²) >= 11 is 5.93. The van der Waals surface area contributed by atoms with Crippen LogP contribution in [-0.2, 0) is 16.0 Å². The molecule has 2 aromatic rings. The molecule has 7 nitrogen and oxygen atoms in total. The first kappa shape index (κ1) is 22.6. The summed E-state index contributed by atoms with van der Waals surface area (Å²) in [6, 6.07) is 12.7. The normalized spacial score (nSPS) is 13.9. The van der Waals surface area contributed by atoms with Crippen molar-refractivity contribution in [1.82, 2.24) is 10.2 Å². The average Bonchev–Trinajstić information content (AvgIpc) is 2.73. The molecule has 3 rings (SSSR count). The highest BCUT2D eigenvalue weighted by atomic mass is 35.5. The number of nitrogens with zero attached hydrogens (tertiary/aromatic N) is 3. The van der Waals surface area contributed by atoms with Gasteiger partial charge in [-0.2, -0.15) is 5.26 Å². The predicted octanol–water partition coefficient (Wildman–Crippen LogP) is 2.95. The fourth-order valence-electron chi connectivity index (χ4n) is 3.78. The second-order valence-electron chi connectivity index (χ2n) is 7.86. The highest BCUT2D eigenvalue weighted by molar-refractivity contribution is 6.40. The molecule has 0 saturated carbocycles. The first-order valence-corrected chi connectivity index (χ1v) is 10.5. The molecule has 1 heterocycles. The van der Waals surface area contributed by atoms with Crippen molar-refractivity contribution in [3.63, 3.8) is 0 Å². The molecule has 0 saturated heterocycles. The molecule has 1 aliphatic rings. The maximum absolute atomic E-state index is 12.4. The summed E-state index contributed by atoms with van der Waals surface area (Å²) in [4.78, 5) is 29.0. The molecule has 2 N–H and O–H groups in total. The van der Waals surface area contributed by atoms with E-state index in [0.29, 0.717) is 5.02 Å². The van der Waals surface area contributed by atoms with Crippen LogP contribution in [-0.4, -0.2) is 50.9 Å². The molecule has 0 bridgehead atoms. The second kappa shape index (κ2) is 9.82. The van der Waals surface area contributed by atoms with Gasteiger partial charge in [0.2, 0.25) is 0 Å². The number of anilines is 2. The van der Waals surface area contributed by atoms with Crippen LogP contribution in [0.3, 0.4) is 0 Å². The van der Waals surface area contributed by atoms with E-state index in [1.165, 1.54) is 23.4 Å². The SMILES string of the molecule is CN1CCCc2cc(C(CNC(=O)C(=O)Nc3cc(Cl)ccc3C#N)N(C)C)ccc21. The third kappa shape index (κ3) is 5.35. The van der Waals surface area contributed by atoms with E-state index in [1.807, 2.05) is 25.1 Å². The molecular formula is C23H26ClN5O2. The molecule has 0 radical (unpaired) electrons. The van der Waals surface area contributed by atoms with Crippen LogP contribution in [0.15, 0.2) is 36.4 Å². The molecule has 0 spiro atoms. The molecule has 1 atom stereocenters. The predicted molar refractivity (Wildman–Crippen MR) is 122 cm³/mol. The molecular weight excluding hydrogens is 414 g/mol. The van der Waals surface area contributed by atoms with Gasteiger partial charge in [-0.25, -0.2) is 0 Å². The zero-order valence-electron chi connectivity index (χ0n) is 17.9. The third-order valence-corrected chi connectivity index (χ3v) is 5.71. The van der Waals surface area contributed by atoms with Gasteiger partial charge in [0.05, 0.1) is 17.3 Å². The molecule has 8 heteroatoms. The van der Waals surface area contributed by atoms with E-state index < -0.39 is 11.8 Å². The summed E-state index contributed by atoms with van der Waals surface area (Å²) in [6.45, 7) is 1.32. The van der Waals surface area contributed by atoms with Gasteiger partial charge in [-0.15, -0.1) is 0 Å². The molecule has 162 valence electrons. The zero-order chi connectivity index (χ0) is 22.5. The topological polar surface area (TPSA) is 88.5 Å². The zero-order valence-corrected chi connectivity index (χ0v) is 18.7. The van der Waals surface area contributed by atoms with Crippen LogP contribution in [0.4, 0.5) is 11.4 Å². The van der Waals surface area contributed by atoms with Crippen molar-refractivity contribution >= 4 is 34.8 Å². The van der Waals surface area contributed by atoms with Crippen LogP contribution >= 0.6 is 11.6 Å². The Kier molecular flexibility index (Phi) is 7.16. The number of carbonyl (C=O) groups is 2. The molecule has 31 heavy (non-hydrogen) atoms. The molecule has 0 aliphatic carbocycles. The summed E-state index contributed by atoms with van der Waals surface area (Å²) in [6.07, 6.45) is 2.15. The Hall–Kier alpha value is -3.08. The Bertz CT molecular complexity index is 1030. The molecule has 1 unspecified atom stereocenters. The number of rotatable bonds is 5. The lowest BCUT2D eigenvalue weighted by atomic mass is 9.96. The molecule has 2 aromatic carbocycles. The van der Waals surface area contributed by atoms with Gasteiger partial charge in [-0.1, -0.05) is 23.7 Å². The fourth-order valence-corrected chi connectivity index (χ4v) is 3.95. The first-order valence-electron chi connectivity index (χ1n) is 10.1. The van der Waals surface area contributed by atoms with Crippen molar-refractivity contribution in [1.29, 1.82) is 5.26 Å². The summed E-state index contributed by atoms with van der Waals surface area (Å²) in [5.41, 5.74) is 4.06. The first-order chi connectivity index (χ1) is 14.8. The van der Waals surface area contributed by atoms with Crippen LogP contribution in [0.5, 0.6) is 0 Å². The summed E-state index contributed by atoms with van der Waals surface area (Å²) in [5.74, 6) is -1.61. The van der Waals surface area contributed by atoms with Crippen molar-refractivity contribution in [3.05, 3.63) is 58.1 Å². The number of carbonyl (C=O) groups excluding carboxylic acids is 2. The number of hydrogen-bond donors (Lipinski definition) is 2. The molecule has 0 fully saturated rings. The summed E-state index contributed by atoms with van der Waals surface area (Å²) < 4.78 is 0. The largest absolute Gasteiger partial charge is 0.374 e. The second-order valence-corrected chi connectivity index (χ2v) is 8.29. The number of amides is 2.